The molecule has 118 valence electrons. The number of sulfonamides is 1. The number of aryl methyl sites for hydroxylation is 2. The number of nitrogens with zero attached hydrogens (tertiary/aromatic N) is 1. The van der Waals surface area contributed by atoms with Crippen LogP contribution >= 0.6 is 0 Å². The van der Waals surface area contributed by atoms with Crippen molar-refractivity contribution in [1.82, 2.24) is 4.31 Å². The molecule has 0 saturated carbocycles. The number of ether oxygens (including phenoxy) is 1. The van der Waals surface area contributed by atoms with E-state index in [9.17, 15) is 8.42 Å². The van der Waals surface area contributed by atoms with Crippen LogP contribution in [0.5, 0.6) is 5.75 Å². The predicted molar refractivity (Wildman–Crippen MR) is 85.3 cm³/mol. The quantitative estimate of drug-likeness (QED) is 0.840. The highest BCUT2D eigenvalue weighted by molar-refractivity contribution is 7.88. The van der Waals surface area contributed by atoms with Gasteiger partial charge in [-0.15, -0.1) is 0 Å². The third-order valence-electron chi connectivity index (χ3n) is 4.02. The molecule has 1 aromatic carbocycles. The van der Waals surface area contributed by atoms with Crippen molar-refractivity contribution in [3.63, 3.8) is 0 Å². The molecule has 0 N–H and O–H groups in total. The highest BCUT2D eigenvalue weighted by atomic mass is 32.2. The molecule has 5 heteroatoms. The van der Waals surface area contributed by atoms with E-state index >= 15 is 0 Å². The van der Waals surface area contributed by atoms with E-state index in [4.69, 9.17) is 4.74 Å². The molecule has 1 saturated heterocycles. The van der Waals surface area contributed by atoms with Crippen LogP contribution < -0.4 is 4.74 Å². The van der Waals surface area contributed by atoms with Crippen molar-refractivity contribution < 1.29 is 13.2 Å². The normalized spacial score (nSPS) is 17.9. The molecule has 1 aliphatic rings. The number of benzene rings is 1. The van der Waals surface area contributed by atoms with Crippen LogP contribution in [0.1, 0.15) is 37.8 Å². The molecule has 21 heavy (non-hydrogen) atoms. The van der Waals surface area contributed by atoms with E-state index in [1.165, 1.54) is 21.7 Å². The van der Waals surface area contributed by atoms with Gasteiger partial charge in [-0.3, -0.25) is 0 Å². The lowest BCUT2D eigenvalue weighted by Crippen LogP contribution is -2.41. The van der Waals surface area contributed by atoms with Gasteiger partial charge in [0, 0.05) is 13.1 Å². The van der Waals surface area contributed by atoms with Crippen molar-refractivity contribution in [2.24, 2.45) is 0 Å². The van der Waals surface area contributed by atoms with Crippen molar-refractivity contribution in [3.05, 3.63) is 29.3 Å². The van der Waals surface area contributed by atoms with Gasteiger partial charge in [0.15, 0.2) is 0 Å². The number of hydrogen-bond donors (Lipinski definition) is 0. The van der Waals surface area contributed by atoms with Gasteiger partial charge in [0.05, 0.1) is 6.26 Å². The molecule has 1 aliphatic heterocycles. The molecule has 0 radical (unpaired) electrons. The highest BCUT2D eigenvalue weighted by Gasteiger charge is 2.25. The maximum atomic E-state index is 11.5. The SMILES string of the molecule is CCc1cc(CC)cc(OC2CCN(S(C)(=O)=O)CC2)c1. The van der Waals surface area contributed by atoms with Crippen LogP contribution in [0.3, 0.4) is 0 Å². The molecule has 0 aliphatic carbocycles. The zero-order valence-corrected chi connectivity index (χ0v) is 13.9. The summed E-state index contributed by atoms with van der Waals surface area (Å²) in [7, 11) is -3.07. The van der Waals surface area contributed by atoms with E-state index in [1.807, 2.05) is 0 Å². The molecule has 0 aromatic heterocycles. The molecule has 1 heterocycles. The summed E-state index contributed by atoms with van der Waals surface area (Å²) in [5.74, 6) is 0.920. The smallest absolute Gasteiger partial charge is 0.211 e. The zero-order chi connectivity index (χ0) is 15.5. The maximum absolute atomic E-state index is 11.5. The lowest BCUT2D eigenvalue weighted by atomic mass is 10.1. The van der Waals surface area contributed by atoms with E-state index in [0.717, 1.165) is 31.4 Å². The van der Waals surface area contributed by atoms with Crippen LogP contribution in [0.25, 0.3) is 0 Å². The van der Waals surface area contributed by atoms with Crippen LogP contribution in [-0.4, -0.2) is 38.2 Å². The molecule has 4 nitrogen and oxygen atoms in total. The minimum Gasteiger partial charge on any atom is -0.490 e. The molecule has 0 bridgehead atoms. The van der Waals surface area contributed by atoms with Crippen LogP contribution in [0.4, 0.5) is 0 Å². The Bertz CT molecular complexity index is 553. The molecular weight excluding hydrogens is 286 g/mol. The van der Waals surface area contributed by atoms with E-state index in [0.29, 0.717) is 13.1 Å². The van der Waals surface area contributed by atoms with Crippen molar-refractivity contribution in [1.29, 1.82) is 0 Å². The average Bonchev–Trinajstić information content (AvgIpc) is 2.46. The van der Waals surface area contributed by atoms with Gasteiger partial charge in [0.2, 0.25) is 10.0 Å². The van der Waals surface area contributed by atoms with Gasteiger partial charge in [-0.05, 0) is 48.9 Å². The Kier molecular flexibility index (Phi) is 5.27. The first-order valence-electron chi connectivity index (χ1n) is 7.67. The number of rotatable bonds is 5. The van der Waals surface area contributed by atoms with Crippen LogP contribution in [0.15, 0.2) is 18.2 Å². The maximum Gasteiger partial charge on any atom is 0.211 e. The summed E-state index contributed by atoms with van der Waals surface area (Å²) in [5, 5.41) is 0. The monoisotopic (exact) mass is 311 g/mol. The summed E-state index contributed by atoms with van der Waals surface area (Å²) in [6, 6.07) is 6.42. The fraction of sp³-hybridized carbons (Fsp3) is 0.625. The van der Waals surface area contributed by atoms with Gasteiger partial charge in [0.25, 0.3) is 0 Å². The van der Waals surface area contributed by atoms with Crippen LogP contribution in [0, 0.1) is 0 Å². The van der Waals surface area contributed by atoms with Gasteiger partial charge in [0.1, 0.15) is 11.9 Å². The molecule has 0 spiro atoms. The van der Waals surface area contributed by atoms with Crippen molar-refractivity contribution in [2.75, 3.05) is 19.3 Å². The second-order valence-electron chi connectivity index (χ2n) is 5.67. The Morgan fingerprint density at radius 1 is 1.10 bits per heavy atom. The Morgan fingerprint density at radius 2 is 1.62 bits per heavy atom. The van der Waals surface area contributed by atoms with Crippen molar-refractivity contribution >= 4 is 10.0 Å². The van der Waals surface area contributed by atoms with E-state index < -0.39 is 10.0 Å². The standard InChI is InChI=1S/C16H25NO3S/c1-4-13-10-14(5-2)12-16(11-13)20-15-6-8-17(9-7-15)21(3,18)19/h10-12,15H,4-9H2,1-3H3. The first-order valence-corrected chi connectivity index (χ1v) is 9.51. The summed E-state index contributed by atoms with van der Waals surface area (Å²) in [4.78, 5) is 0. The van der Waals surface area contributed by atoms with Crippen molar-refractivity contribution in [2.45, 2.75) is 45.6 Å². The van der Waals surface area contributed by atoms with E-state index in [-0.39, 0.29) is 6.10 Å². The first-order chi connectivity index (χ1) is 9.92. The van der Waals surface area contributed by atoms with Gasteiger partial charge in [-0.25, -0.2) is 12.7 Å². The zero-order valence-electron chi connectivity index (χ0n) is 13.1. The van der Waals surface area contributed by atoms with Gasteiger partial charge in [-0.2, -0.15) is 0 Å². The van der Waals surface area contributed by atoms with Crippen LogP contribution in [-0.2, 0) is 22.9 Å². The fourth-order valence-electron chi connectivity index (χ4n) is 2.68. The third kappa shape index (κ3) is 4.45. The molecule has 0 unspecified atom stereocenters. The Morgan fingerprint density at radius 3 is 2.05 bits per heavy atom. The molecule has 2 rings (SSSR count). The summed E-state index contributed by atoms with van der Waals surface area (Å²) in [6.45, 7) is 5.39. The third-order valence-corrected chi connectivity index (χ3v) is 5.32. The summed E-state index contributed by atoms with van der Waals surface area (Å²) in [5.41, 5.74) is 2.58. The Labute approximate surface area is 128 Å². The number of hydrogen-bond acceptors (Lipinski definition) is 3. The summed E-state index contributed by atoms with van der Waals surface area (Å²) < 4.78 is 30.6. The molecule has 0 atom stereocenters. The largest absolute Gasteiger partial charge is 0.490 e. The minimum absolute atomic E-state index is 0.111. The van der Waals surface area contributed by atoms with Gasteiger partial charge in [-0.1, -0.05) is 19.9 Å². The van der Waals surface area contributed by atoms with E-state index in [1.54, 1.807) is 0 Å². The average molecular weight is 311 g/mol. The highest BCUT2D eigenvalue weighted by Crippen LogP contribution is 2.23. The molecule has 1 aromatic rings. The second-order valence-corrected chi connectivity index (χ2v) is 7.65. The molecule has 1 fully saturated rings. The summed E-state index contributed by atoms with van der Waals surface area (Å²) >= 11 is 0. The minimum atomic E-state index is -3.07. The predicted octanol–water partition coefficient (Wildman–Crippen LogP) is 2.61. The topological polar surface area (TPSA) is 46.6 Å². The van der Waals surface area contributed by atoms with E-state index in [2.05, 4.69) is 32.0 Å². The number of piperidine rings is 1. The first kappa shape index (κ1) is 16.3. The Hall–Kier alpha value is -1.07. The fourth-order valence-corrected chi connectivity index (χ4v) is 3.55. The second kappa shape index (κ2) is 6.79. The Balaban J connectivity index is 2.00. The van der Waals surface area contributed by atoms with Crippen molar-refractivity contribution in [3.8, 4) is 5.75 Å². The molecular formula is C16H25NO3S. The van der Waals surface area contributed by atoms with Gasteiger partial charge >= 0.3 is 0 Å². The lowest BCUT2D eigenvalue weighted by Gasteiger charge is -2.30. The molecule has 0 amide bonds. The summed E-state index contributed by atoms with van der Waals surface area (Å²) in [6.07, 6.45) is 4.88. The van der Waals surface area contributed by atoms with Gasteiger partial charge < -0.3 is 4.74 Å². The van der Waals surface area contributed by atoms with Crippen LogP contribution in [0.2, 0.25) is 0 Å². The lowest BCUT2D eigenvalue weighted by molar-refractivity contribution is 0.135.